The molecule has 5 nitrogen and oxygen atoms in total. The predicted molar refractivity (Wildman–Crippen MR) is 112 cm³/mol. The number of amides is 1. The van der Waals surface area contributed by atoms with E-state index in [2.05, 4.69) is 10.00 Å². The molecule has 1 aromatic carbocycles. The number of benzene rings is 1. The van der Waals surface area contributed by atoms with Crippen LogP contribution in [-0.4, -0.2) is 51.7 Å². The van der Waals surface area contributed by atoms with Crippen molar-refractivity contribution in [3.63, 3.8) is 0 Å². The van der Waals surface area contributed by atoms with Gasteiger partial charge in [-0.15, -0.1) is 0 Å². The SMILES string of the molecule is O=C(CCn1nc(C(F)(F)F)cc1C1CC1)N1CCN(Cc2ccc(Cl)c(Cl)c2)CC1. The van der Waals surface area contributed by atoms with Crippen molar-refractivity contribution >= 4 is 29.1 Å². The van der Waals surface area contributed by atoms with E-state index in [1.165, 1.54) is 4.68 Å². The lowest BCUT2D eigenvalue weighted by Crippen LogP contribution is -2.48. The first-order valence-corrected chi connectivity index (χ1v) is 11.1. The smallest absolute Gasteiger partial charge is 0.340 e. The first kappa shape index (κ1) is 22.4. The number of carbonyl (C=O) groups excluding carboxylic acids is 1. The number of aromatic nitrogens is 2. The molecule has 10 heteroatoms. The monoisotopic (exact) mass is 474 g/mol. The lowest BCUT2D eigenvalue weighted by molar-refractivity contribution is -0.141. The molecule has 0 radical (unpaired) electrons. The van der Waals surface area contributed by atoms with E-state index < -0.39 is 11.9 Å². The van der Waals surface area contributed by atoms with Crippen molar-refractivity contribution in [1.29, 1.82) is 0 Å². The van der Waals surface area contributed by atoms with E-state index in [1.54, 1.807) is 11.0 Å². The summed E-state index contributed by atoms with van der Waals surface area (Å²) in [6, 6.07) is 6.68. The van der Waals surface area contributed by atoms with Gasteiger partial charge in [-0.1, -0.05) is 29.3 Å². The van der Waals surface area contributed by atoms with Gasteiger partial charge < -0.3 is 4.90 Å². The van der Waals surface area contributed by atoms with Gasteiger partial charge in [0.1, 0.15) is 0 Å². The van der Waals surface area contributed by atoms with Crippen molar-refractivity contribution in [2.45, 2.75) is 44.4 Å². The lowest BCUT2D eigenvalue weighted by Gasteiger charge is -2.35. The molecule has 1 aliphatic carbocycles. The molecule has 0 bridgehead atoms. The molecule has 1 saturated heterocycles. The fraction of sp³-hybridized carbons (Fsp3) is 0.524. The van der Waals surface area contributed by atoms with Crippen LogP contribution in [-0.2, 0) is 24.1 Å². The van der Waals surface area contributed by atoms with Gasteiger partial charge in [-0.25, -0.2) is 0 Å². The molecule has 1 amide bonds. The Morgan fingerprint density at radius 1 is 1.06 bits per heavy atom. The second-order valence-electron chi connectivity index (χ2n) is 8.11. The highest BCUT2D eigenvalue weighted by Gasteiger charge is 2.37. The summed E-state index contributed by atoms with van der Waals surface area (Å²) in [4.78, 5) is 16.6. The number of nitrogens with zero attached hydrogens (tertiary/aromatic N) is 4. The Morgan fingerprint density at radius 3 is 2.39 bits per heavy atom. The van der Waals surface area contributed by atoms with Crippen molar-refractivity contribution in [2.75, 3.05) is 26.2 Å². The third kappa shape index (κ3) is 5.54. The minimum Gasteiger partial charge on any atom is -0.340 e. The minimum atomic E-state index is -4.47. The van der Waals surface area contributed by atoms with Crippen molar-refractivity contribution in [2.24, 2.45) is 0 Å². The van der Waals surface area contributed by atoms with Crippen LogP contribution in [0, 0.1) is 0 Å². The molecular weight excluding hydrogens is 452 g/mol. The molecule has 2 fully saturated rings. The molecule has 0 unspecified atom stereocenters. The van der Waals surface area contributed by atoms with E-state index in [0.717, 1.165) is 44.1 Å². The topological polar surface area (TPSA) is 41.4 Å². The van der Waals surface area contributed by atoms with Crippen LogP contribution in [0.3, 0.4) is 0 Å². The predicted octanol–water partition coefficient (Wildman–Crippen LogP) is 4.82. The summed E-state index contributed by atoms with van der Waals surface area (Å²) in [7, 11) is 0. The van der Waals surface area contributed by atoms with E-state index in [1.807, 2.05) is 12.1 Å². The van der Waals surface area contributed by atoms with Crippen LogP contribution < -0.4 is 0 Å². The lowest BCUT2D eigenvalue weighted by atomic mass is 10.2. The van der Waals surface area contributed by atoms with Crippen LogP contribution in [0.5, 0.6) is 0 Å². The zero-order valence-corrected chi connectivity index (χ0v) is 18.3. The van der Waals surface area contributed by atoms with Crippen molar-refractivity contribution in [3.8, 4) is 0 Å². The Balaban J connectivity index is 1.29. The van der Waals surface area contributed by atoms with Gasteiger partial charge in [0.25, 0.3) is 0 Å². The number of hydrogen-bond acceptors (Lipinski definition) is 3. The molecule has 1 saturated carbocycles. The van der Waals surface area contributed by atoms with Gasteiger partial charge in [-0.3, -0.25) is 14.4 Å². The summed E-state index contributed by atoms with van der Waals surface area (Å²) < 4.78 is 40.4. The summed E-state index contributed by atoms with van der Waals surface area (Å²) in [5.74, 6) is 0.0728. The Bertz CT molecular complexity index is 951. The van der Waals surface area contributed by atoms with Gasteiger partial charge in [0, 0.05) is 57.3 Å². The van der Waals surface area contributed by atoms with Crippen molar-refractivity contribution < 1.29 is 18.0 Å². The molecule has 4 rings (SSSR count). The standard InChI is InChI=1S/C21H23Cl2F3N4O/c22-16-4-1-14(11-17(16)23)13-28-7-9-29(10-8-28)20(31)5-6-30-18(15-2-3-15)12-19(27-30)21(24,25)26/h1,4,11-12,15H,2-3,5-10,13H2. The van der Waals surface area contributed by atoms with Crippen molar-refractivity contribution in [3.05, 3.63) is 51.3 Å². The number of carbonyl (C=O) groups is 1. The Morgan fingerprint density at radius 2 is 1.77 bits per heavy atom. The normalized spacial score (nSPS) is 17.9. The first-order chi connectivity index (χ1) is 14.7. The van der Waals surface area contributed by atoms with Crippen LogP contribution in [0.1, 0.15) is 42.1 Å². The summed E-state index contributed by atoms with van der Waals surface area (Å²) in [6.07, 6.45) is -2.58. The highest BCUT2D eigenvalue weighted by Crippen LogP contribution is 2.42. The van der Waals surface area contributed by atoms with Crippen molar-refractivity contribution in [1.82, 2.24) is 19.6 Å². The quantitative estimate of drug-likeness (QED) is 0.602. The zero-order valence-electron chi connectivity index (χ0n) is 16.8. The molecule has 0 atom stereocenters. The summed E-state index contributed by atoms with van der Waals surface area (Å²) in [5, 5.41) is 4.76. The third-order valence-electron chi connectivity index (χ3n) is 5.75. The number of aryl methyl sites for hydroxylation is 1. The molecule has 2 heterocycles. The Labute approximate surface area is 188 Å². The second kappa shape index (κ2) is 9.00. The Kier molecular flexibility index (Phi) is 6.51. The van der Waals surface area contributed by atoms with Crippen LogP contribution in [0.25, 0.3) is 0 Å². The van der Waals surface area contributed by atoms with Crippen LogP contribution in [0.15, 0.2) is 24.3 Å². The van der Waals surface area contributed by atoms with E-state index in [0.29, 0.717) is 28.8 Å². The number of hydrogen-bond donors (Lipinski definition) is 0. The fourth-order valence-electron chi connectivity index (χ4n) is 3.87. The van der Waals surface area contributed by atoms with Gasteiger partial charge in [0.05, 0.1) is 10.0 Å². The van der Waals surface area contributed by atoms with Gasteiger partial charge >= 0.3 is 6.18 Å². The summed E-state index contributed by atoms with van der Waals surface area (Å²) in [5.41, 5.74) is 0.769. The zero-order chi connectivity index (χ0) is 22.2. The van der Waals surface area contributed by atoms with E-state index >= 15 is 0 Å². The maximum atomic E-state index is 13.0. The highest BCUT2D eigenvalue weighted by atomic mass is 35.5. The molecule has 31 heavy (non-hydrogen) atoms. The van der Waals surface area contributed by atoms with Crippen LogP contribution >= 0.6 is 23.2 Å². The Hall–Kier alpha value is -1.77. The molecule has 0 N–H and O–H groups in total. The molecular formula is C21H23Cl2F3N4O. The number of piperazine rings is 1. The minimum absolute atomic E-state index is 0.0556. The number of rotatable bonds is 6. The van der Waals surface area contributed by atoms with Gasteiger partial charge in [-0.2, -0.15) is 18.3 Å². The van der Waals surface area contributed by atoms with E-state index in [9.17, 15) is 18.0 Å². The molecule has 1 aromatic heterocycles. The third-order valence-corrected chi connectivity index (χ3v) is 6.49. The summed E-state index contributed by atoms with van der Waals surface area (Å²) in [6.45, 7) is 3.51. The van der Waals surface area contributed by atoms with Crippen LogP contribution in [0.4, 0.5) is 13.2 Å². The second-order valence-corrected chi connectivity index (χ2v) is 8.92. The van der Waals surface area contributed by atoms with Gasteiger partial charge in [0.15, 0.2) is 5.69 Å². The van der Waals surface area contributed by atoms with E-state index in [-0.39, 0.29) is 24.8 Å². The molecule has 1 aliphatic heterocycles. The fourth-order valence-corrected chi connectivity index (χ4v) is 4.19. The first-order valence-electron chi connectivity index (χ1n) is 10.3. The van der Waals surface area contributed by atoms with Gasteiger partial charge in [-0.05, 0) is 36.6 Å². The molecule has 2 aliphatic rings. The number of halogens is 5. The van der Waals surface area contributed by atoms with E-state index in [4.69, 9.17) is 23.2 Å². The maximum absolute atomic E-state index is 13.0. The average molecular weight is 475 g/mol. The average Bonchev–Trinajstić information content (AvgIpc) is 3.47. The number of alkyl halides is 3. The maximum Gasteiger partial charge on any atom is 0.435 e. The molecule has 0 spiro atoms. The molecule has 2 aromatic rings. The highest BCUT2D eigenvalue weighted by molar-refractivity contribution is 6.42. The van der Waals surface area contributed by atoms with Crippen LogP contribution in [0.2, 0.25) is 10.0 Å². The largest absolute Gasteiger partial charge is 0.435 e. The van der Waals surface area contributed by atoms with Gasteiger partial charge in [0.2, 0.25) is 5.91 Å². The molecule has 168 valence electrons. The summed E-state index contributed by atoms with van der Waals surface area (Å²) >= 11 is 12.0.